The summed E-state index contributed by atoms with van der Waals surface area (Å²) >= 11 is 1.38. The van der Waals surface area contributed by atoms with Gasteiger partial charge in [0.2, 0.25) is 11.1 Å². The number of tetrazole rings is 1. The van der Waals surface area contributed by atoms with Crippen LogP contribution in [-0.4, -0.2) is 46.6 Å². The maximum Gasteiger partial charge on any atom is 0.230 e. The molecule has 1 aliphatic rings. The second-order valence-electron chi connectivity index (χ2n) is 6.85. The summed E-state index contributed by atoms with van der Waals surface area (Å²) in [5.74, 6) is 0.243. The van der Waals surface area contributed by atoms with E-state index in [9.17, 15) is 4.79 Å². The van der Waals surface area contributed by atoms with Crippen LogP contribution < -0.4 is 5.32 Å². The molecule has 1 aromatic carbocycles. The number of hydrogen-bond donors (Lipinski definition) is 1. The maximum absolute atomic E-state index is 12.4. The van der Waals surface area contributed by atoms with Gasteiger partial charge in [0.05, 0.1) is 23.5 Å². The zero-order valence-corrected chi connectivity index (χ0v) is 16.4. The molecule has 0 radical (unpaired) electrons. The van der Waals surface area contributed by atoms with Gasteiger partial charge in [-0.3, -0.25) is 4.79 Å². The molecule has 3 aromatic rings. The average molecular weight is 398 g/mol. The van der Waals surface area contributed by atoms with E-state index in [1.165, 1.54) is 30.9 Å². The minimum atomic E-state index is -0.0938. The van der Waals surface area contributed by atoms with Gasteiger partial charge in [-0.15, -0.1) is 5.10 Å². The highest BCUT2D eigenvalue weighted by Crippen LogP contribution is 2.31. The lowest BCUT2D eigenvalue weighted by molar-refractivity contribution is -0.119. The lowest BCUT2D eigenvalue weighted by atomic mass is 10.1. The van der Waals surface area contributed by atoms with Crippen molar-refractivity contribution in [2.24, 2.45) is 0 Å². The number of nitrogens with zero attached hydrogens (tertiary/aromatic N) is 7. The van der Waals surface area contributed by atoms with E-state index >= 15 is 0 Å². The number of thioether (sulfide) groups is 1. The molecule has 0 saturated heterocycles. The first kappa shape index (κ1) is 18.6. The van der Waals surface area contributed by atoms with Crippen molar-refractivity contribution in [2.75, 3.05) is 5.75 Å². The smallest absolute Gasteiger partial charge is 0.230 e. The molecule has 2 heterocycles. The molecule has 28 heavy (non-hydrogen) atoms. The van der Waals surface area contributed by atoms with Gasteiger partial charge in [0, 0.05) is 0 Å². The van der Waals surface area contributed by atoms with Crippen molar-refractivity contribution < 1.29 is 4.79 Å². The Morgan fingerprint density at radius 2 is 2.07 bits per heavy atom. The van der Waals surface area contributed by atoms with Crippen LogP contribution in [0.2, 0.25) is 0 Å². The molecule has 4 rings (SSSR count). The molecular weight excluding hydrogens is 376 g/mol. The molecule has 1 saturated carbocycles. The Kier molecular flexibility index (Phi) is 5.65. The third-order valence-electron chi connectivity index (χ3n) is 4.92. The Balaban J connectivity index is 1.31. The minimum Gasteiger partial charge on any atom is -0.349 e. The number of amides is 1. The normalized spacial score (nSPS) is 15.6. The fraction of sp³-hybridized carbons (Fsp3) is 0.444. The van der Waals surface area contributed by atoms with Gasteiger partial charge in [-0.25, -0.2) is 14.3 Å². The van der Waals surface area contributed by atoms with Crippen LogP contribution in [0.25, 0.3) is 5.69 Å². The molecule has 1 amide bonds. The molecule has 1 aliphatic carbocycles. The Morgan fingerprint density at radius 1 is 1.29 bits per heavy atom. The molecule has 1 atom stereocenters. The van der Waals surface area contributed by atoms with E-state index in [2.05, 4.69) is 30.9 Å². The SMILES string of the molecule is CC(NC(=O)CSc1nnnn1C1CCCC1)c1ccc(-n2cncn2)cc1. The molecule has 2 aromatic heterocycles. The van der Waals surface area contributed by atoms with Crippen LogP contribution in [0, 0.1) is 0 Å². The Hall–Kier alpha value is -2.75. The van der Waals surface area contributed by atoms with Gasteiger partial charge >= 0.3 is 0 Å². The Bertz CT molecular complexity index is 902. The number of hydrogen-bond acceptors (Lipinski definition) is 7. The molecule has 0 spiro atoms. The topological polar surface area (TPSA) is 103 Å². The summed E-state index contributed by atoms with van der Waals surface area (Å²) in [5, 5.41) is 19.8. The summed E-state index contributed by atoms with van der Waals surface area (Å²) in [6, 6.07) is 8.14. The zero-order valence-electron chi connectivity index (χ0n) is 15.6. The van der Waals surface area contributed by atoms with Crippen molar-refractivity contribution in [3.63, 3.8) is 0 Å². The van der Waals surface area contributed by atoms with Crippen LogP contribution >= 0.6 is 11.8 Å². The predicted molar refractivity (Wildman–Crippen MR) is 104 cm³/mol. The Labute approximate surface area is 166 Å². The number of rotatable bonds is 7. The molecular formula is C18H22N8OS. The fourth-order valence-electron chi connectivity index (χ4n) is 3.41. The van der Waals surface area contributed by atoms with Crippen molar-refractivity contribution in [2.45, 2.75) is 49.8 Å². The molecule has 10 heteroatoms. The van der Waals surface area contributed by atoms with Crippen LogP contribution in [0.15, 0.2) is 42.1 Å². The lowest BCUT2D eigenvalue weighted by Crippen LogP contribution is -2.28. The highest BCUT2D eigenvalue weighted by Gasteiger charge is 2.22. The van der Waals surface area contributed by atoms with Gasteiger partial charge in [-0.05, 0) is 47.9 Å². The van der Waals surface area contributed by atoms with E-state index in [0.717, 1.165) is 24.1 Å². The second-order valence-corrected chi connectivity index (χ2v) is 7.80. The Morgan fingerprint density at radius 3 is 2.79 bits per heavy atom. The molecule has 1 fully saturated rings. The van der Waals surface area contributed by atoms with Gasteiger partial charge in [0.15, 0.2) is 0 Å². The molecule has 9 nitrogen and oxygen atoms in total. The molecule has 0 aliphatic heterocycles. The number of carbonyl (C=O) groups is 1. The minimum absolute atomic E-state index is 0.0428. The van der Waals surface area contributed by atoms with E-state index in [4.69, 9.17) is 0 Å². The summed E-state index contributed by atoms with van der Waals surface area (Å²) in [6.07, 6.45) is 7.78. The summed E-state index contributed by atoms with van der Waals surface area (Å²) in [4.78, 5) is 16.3. The van der Waals surface area contributed by atoms with E-state index in [1.807, 2.05) is 35.9 Å². The zero-order chi connectivity index (χ0) is 19.3. The van der Waals surface area contributed by atoms with E-state index < -0.39 is 0 Å². The van der Waals surface area contributed by atoms with Crippen LogP contribution in [-0.2, 0) is 4.79 Å². The van der Waals surface area contributed by atoms with Crippen molar-refractivity contribution in [3.8, 4) is 5.69 Å². The molecule has 146 valence electrons. The fourth-order valence-corrected chi connectivity index (χ4v) is 4.17. The largest absolute Gasteiger partial charge is 0.349 e. The van der Waals surface area contributed by atoms with E-state index in [0.29, 0.717) is 11.2 Å². The van der Waals surface area contributed by atoms with Crippen molar-refractivity contribution in [1.29, 1.82) is 0 Å². The first-order valence-corrected chi connectivity index (χ1v) is 10.3. The lowest BCUT2D eigenvalue weighted by Gasteiger charge is -2.15. The van der Waals surface area contributed by atoms with Gasteiger partial charge in [-0.1, -0.05) is 36.7 Å². The average Bonchev–Trinajstić information content (AvgIpc) is 3.48. The summed E-state index contributed by atoms with van der Waals surface area (Å²) in [7, 11) is 0. The number of benzene rings is 1. The summed E-state index contributed by atoms with van der Waals surface area (Å²) in [6.45, 7) is 1.97. The number of aromatic nitrogens is 7. The van der Waals surface area contributed by atoms with Gasteiger partial charge in [-0.2, -0.15) is 5.10 Å². The monoisotopic (exact) mass is 398 g/mol. The molecule has 1 unspecified atom stereocenters. The van der Waals surface area contributed by atoms with E-state index in [-0.39, 0.29) is 17.7 Å². The first-order chi connectivity index (χ1) is 13.7. The predicted octanol–water partition coefficient (Wildman–Crippen LogP) is 2.34. The quantitative estimate of drug-likeness (QED) is 0.609. The third-order valence-corrected chi connectivity index (χ3v) is 5.85. The molecule has 0 bridgehead atoms. The van der Waals surface area contributed by atoms with E-state index in [1.54, 1.807) is 11.0 Å². The van der Waals surface area contributed by atoms with Gasteiger partial charge in [0.1, 0.15) is 12.7 Å². The van der Waals surface area contributed by atoms with Crippen molar-refractivity contribution >= 4 is 17.7 Å². The third kappa shape index (κ3) is 4.22. The van der Waals surface area contributed by atoms with Crippen molar-refractivity contribution in [1.82, 2.24) is 40.3 Å². The molecule has 1 N–H and O–H groups in total. The maximum atomic E-state index is 12.4. The summed E-state index contributed by atoms with van der Waals surface area (Å²) in [5.41, 5.74) is 1.95. The van der Waals surface area contributed by atoms with Crippen LogP contribution in [0.5, 0.6) is 0 Å². The van der Waals surface area contributed by atoms with Crippen LogP contribution in [0.3, 0.4) is 0 Å². The van der Waals surface area contributed by atoms with Gasteiger partial charge < -0.3 is 5.32 Å². The highest BCUT2D eigenvalue weighted by molar-refractivity contribution is 7.99. The van der Waals surface area contributed by atoms with Crippen LogP contribution in [0.4, 0.5) is 0 Å². The van der Waals surface area contributed by atoms with Gasteiger partial charge in [0.25, 0.3) is 0 Å². The number of nitrogens with one attached hydrogen (secondary N) is 1. The summed E-state index contributed by atoms with van der Waals surface area (Å²) < 4.78 is 3.56. The second kappa shape index (κ2) is 8.51. The van der Waals surface area contributed by atoms with Crippen molar-refractivity contribution in [3.05, 3.63) is 42.5 Å². The van der Waals surface area contributed by atoms with Crippen LogP contribution in [0.1, 0.15) is 50.3 Å². The first-order valence-electron chi connectivity index (χ1n) is 9.35. The standard InChI is InChI=1S/C18H22N8OS/c1-13(14-6-8-15(9-7-14)25-12-19-11-20-25)21-17(27)10-28-18-22-23-24-26(18)16-4-2-3-5-16/h6-9,11-13,16H,2-5,10H2,1H3,(H,21,27). The number of carbonyl (C=O) groups excluding carboxylic acids is 1. The highest BCUT2D eigenvalue weighted by atomic mass is 32.2.